The Bertz CT molecular complexity index is 917. The van der Waals surface area contributed by atoms with Gasteiger partial charge in [-0.25, -0.2) is 4.68 Å². The van der Waals surface area contributed by atoms with Gasteiger partial charge in [0.15, 0.2) is 0 Å². The van der Waals surface area contributed by atoms with Gasteiger partial charge in [-0.3, -0.25) is 4.79 Å². The van der Waals surface area contributed by atoms with Crippen LogP contribution in [0.2, 0.25) is 0 Å². The van der Waals surface area contributed by atoms with Crippen molar-refractivity contribution in [2.24, 2.45) is 0 Å². The molecule has 1 aromatic heterocycles. The summed E-state index contributed by atoms with van der Waals surface area (Å²) in [5.74, 6) is -0.0666. The van der Waals surface area contributed by atoms with Gasteiger partial charge >= 0.3 is 0 Å². The summed E-state index contributed by atoms with van der Waals surface area (Å²) >= 11 is 0. The molecule has 0 aliphatic carbocycles. The van der Waals surface area contributed by atoms with Crippen molar-refractivity contribution in [3.05, 3.63) is 83.2 Å². The van der Waals surface area contributed by atoms with Crippen molar-refractivity contribution in [1.82, 2.24) is 20.0 Å². The molecular formula is C23H28N4O. The summed E-state index contributed by atoms with van der Waals surface area (Å²) in [7, 11) is 2.10. The molecule has 1 amide bonds. The highest BCUT2D eigenvalue weighted by Gasteiger charge is 2.15. The molecule has 3 rings (SSSR count). The van der Waals surface area contributed by atoms with Gasteiger partial charge in [-0.15, -0.1) is 0 Å². The number of amides is 1. The van der Waals surface area contributed by atoms with Crippen LogP contribution < -0.4 is 5.32 Å². The topological polar surface area (TPSA) is 50.2 Å². The largest absolute Gasteiger partial charge is 0.352 e. The zero-order valence-electron chi connectivity index (χ0n) is 16.9. The first-order valence-electron chi connectivity index (χ1n) is 9.67. The van der Waals surface area contributed by atoms with Crippen molar-refractivity contribution in [3.8, 4) is 5.69 Å². The zero-order valence-corrected chi connectivity index (χ0v) is 16.9. The van der Waals surface area contributed by atoms with Crippen LogP contribution in [0.4, 0.5) is 0 Å². The number of benzene rings is 2. The van der Waals surface area contributed by atoms with Crippen LogP contribution in [-0.4, -0.2) is 40.7 Å². The standard InChI is InChI=1S/C23H28N4O/c1-18-10-7-8-13-22(18)27-19(2)21(16-25-27)23(28)24-14-9-15-26(3)17-20-11-5-4-6-12-20/h4-8,10-13,16H,9,14-15,17H2,1-3H3,(H,24,28). The lowest BCUT2D eigenvalue weighted by atomic mass is 10.2. The van der Waals surface area contributed by atoms with Crippen molar-refractivity contribution in [2.45, 2.75) is 26.8 Å². The highest BCUT2D eigenvalue weighted by molar-refractivity contribution is 5.95. The summed E-state index contributed by atoms with van der Waals surface area (Å²) in [5, 5.41) is 7.44. The van der Waals surface area contributed by atoms with E-state index in [4.69, 9.17) is 0 Å². The Kier molecular flexibility index (Phi) is 6.61. The first kappa shape index (κ1) is 19.8. The number of aryl methyl sites for hydroxylation is 1. The molecule has 0 spiro atoms. The predicted molar refractivity (Wildman–Crippen MR) is 113 cm³/mol. The Balaban J connectivity index is 1.50. The van der Waals surface area contributed by atoms with E-state index in [1.807, 2.05) is 48.9 Å². The predicted octanol–water partition coefficient (Wildman–Crippen LogP) is 3.74. The third kappa shape index (κ3) is 4.87. The van der Waals surface area contributed by atoms with Crippen LogP contribution >= 0.6 is 0 Å². The third-order valence-electron chi connectivity index (χ3n) is 4.90. The number of para-hydroxylation sites is 1. The van der Waals surface area contributed by atoms with Gasteiger partial charge in [-0.05, 0) is 51.1 Å². The molecule has 0 unspecified atom stereocenters. The molecule has 2 aromatic carbocycles. The lowest BCUT2D eigenvalue weighted by Gasteiger charge is -2.16. The Morgan fingerprint density at radius 3 is 2.54 bits per heavy atom. The maximum Gasteiger partial charge on any atom is 0.254 e. The Morgan fingerprint density at radius 1 is 1.07 bits per heavy atom. The molecule has 0 aliphatic rings. The molecule has 1 N–H and O–H groups in total. The van der Waals surface area contributed by atoms with E-state index < -0.39 is 0 Å². The first-order valence-corrected chi connectivity index (χ1v) is 9.67. The van der Waals surface area contributed by atoms with Crippen molar-refractivity contribution in [1.29, 1.82) is 0 Å². The molecule has 0 aliphatic heterocycles. The minimum atomic E-state index is -0.0666. The quantitative estimate of drug-likeness (QED) is 0.609. The fraction of sp³-hybridized carbons (Fsp3) is 0.304. The Morgan fingerprint density at radius 2 is 1.79 bits per heavy atom. The molecule has 0 saturated heterocycles. The van der Waals surface area contributed by atoms with Crippen LogP contribution in [0.5, 0.6) is 0 Å². The van der Waals surface area contributed by atoms with E-state index in [9.17, 15) is 4.79 Å². The number of hydrogen-bond donors (Lipinski definition) is 1. The van der Waals surface area contributed by atoms with Gasteiger partial charge in [0, 0.05) is 13.1 Å². The van der Waals surface area contributed by atoms with Gasteiger partial charge in [-0.2, -0.15) is 5.10 Å². The SMILES string of the molecule is Cc1ccccc1-n1ncc(C(=O)NCCCN(C)Cc2ccccc2)c1C. The molecule has 1 heterocycles. The maximum atomic E-state index is 12.6. The summed E-state index contributed by atoms with van der Waals surface area (Å²) < 4.78 is 1.83. The van der Waals surface area contributed by atoms with E-state index in [2.05, 4.69) is 46.6 Å². The molecule has 0 saturated carbocycles. The number of nitrogens with one attached hydrogen (secondary N) is 1. The highest BCUT2D eigenvalue weighted by atomic mass is 16.1. The van der Waals surface area contributed by atoms with Gasteiger partial charge in [0.1, 0.15) is 0 Å². The van der Waals surface area contributed by atoms with Gasteiger partial charge in [-0.1, -0.05) is 48.5 Å². The van der Waals surface area contributed by atoms with Gasteiger partial charge in [0.25, 0.3) is 5.91 Å². The van der Waals surface area contributed by atoms with E-state index in [0.717, 1.165) is 36.5 Å². The van der Waals surface area contributed by atoms with Crippen LogP contribution in [-0.2, 0) is 6.54 Å². The van der Waals surface area contributed by atoms with E-state index in [0.29, 0.717) is 12.1 Å². The third-order valence-corrected chi connectivity index (χ3v) is 4.90. The van der Waals surface area contributed by atoms with Gasteiger partial charge < -0.3 is 10.2 Å². The number of carbonyl (C=O) groups excluding carboxylic acids is 1. The molecule has 0 radical (unpaired) electrons. The second-order valence-electron chi connectivity index (χ2n) is 7.17. The lowest BCUT2D eigenvalue weighted by molar-refractivity contribution is 0.0951. The molecular weight excluding hydrogens is 348 g/mol. The van der Waals surface area contributed by atoms with Crippen molar-refractivity contribution < 1.29 is 4.79 Å². The minimum Gasteiger partial charge on any atom is -0.352 e. The number of hydrogen-bond acceptors (Lipinski definition) is 3. The molecule has 5 nitrogen and oxygen atoms in total. The molecule has 28 heavy (non-hydrogen) atoms. The molecule has 0 fully saturated rings. The minimum absolute atomic E-state index is 0.0666. The van der Waals surface area contributed by atoms with Crippen LogP contribution in [0.3, 0.4) is 0 Å². The van der Waals surface area contributed by atoms with E-state index in [-0.39, 0.29) is 5.91 Å². The number of carbonyl (C=O) groups is 1. The second kappa shape index (κ2) is 9.33. The zero-order chi connectivity index (χ0) is 19.9. The average molecular weight is 377 g/mol. The van der Waals surface area contributed by atoms with E-state index in [1.54, 1.807) is 6.20 Å². The van der Waals surface area contributed by atoms with Gasteiger partial charge in [0.05, 0.1) is 23.1 Å². The molecule has 3 aromatic rings. The number of aromatic nitrogens is 2. The van der Waals surface area contributed by atoms with Crippen LogP contribution in [0.1, 0.15) is 33.6 Å². The smallest absolute Gasteiger partial charge is 0.254 e. The summed E-state index contributed by atoms with van der Waals surface area (Å²) in [6, 6.07) is 18.4. The summed E-state index contributed by atoms with van der Waals surface area (Å²) in [5.41, 5.74) is 4.91. The summed E-state index contributed by atoms with van der Waals surface area (Å²) in [4.78, 5) is 14.8. The molecule has 5 heteroatoms. The van der Waals surface area contributed by atoms with Crippen molar-refractivity contribution in [3.63, 3.8) is 0 Å². The fourth-order valence-electron chi connectivity index (χ4n) is 3.30. The molecule has 146 valence electrons. The molecule has 0 atom stereocenters. The van der Waals surface area contributed by atoms with Crippen LogP contribution in [0.15, 0.2) is 60.8 Å². The lowest BCUT2D eigenvalue weighted by Crippen LogP contribution is -2.28. The van der Waals surface area contributed by atoms with Crippen LogP contribution in [0, 0.1) is 13.8 Å². The van der Waals surface area contributed by atoms with E-state index >= 15 is 0 Å². The second-order valence-corrected chi connectivity index (χ2v) is 7.17. The summed E-state index contributed by atoms with van der Waals surface area (Å²) in [6.07, 6.45) is 2.55. The van der Waals surface area contributed by atoms with E-state index in [1.165, 1.54) is 5.56 Å². The normalized spacial score (nSPS) is 11.0. The highest BCUT2D eigenvalue weighted by Crippen LogP contribution is 2.17. The number of nitrogens with zero attached hydrogens (tertiary/aromatic N) is 3. The molecule has 0 bridgehead atoms. The Hall–Kier alpha value is -2.92. The first-order chi connectivity index (χ1) is 13.6. The van der Waals surface area contributed by atoms with Crippen molar-refractivity contribution in [2.75, 3.05) is 20.1 Å². The fourth-order valence-corrected chi connectivity index (χ4v) is 3.30. The average Bonchev–Trinajstić information content (AvgIpc) is 3.07. The van der Waals surface area contributed by atoms with Crippen molar-refractivity contribution >= 4 is 5.91 Å². The number of rotatable bonds is 8. The monoisotopic (exact) mass is 376 g/mol. The maximum absolute atomic E-state index is 12.6. The van der Waals surface area contributed by atoms with Gasteiger partial charge in [0.2, 0.25) is 0 Å². The van der Waals surface area contributed by atoms with Crippen LogP contribution in [0.25, 0.3) is 5.69 Å². The summed E-state index contributed by atoms with van der Waals surface area (Å²) in [6.45, 7) is 6.46. The Labute approximate surface area is 167 Å².